The molecule has 0 atom stereocenters. The number of carbonyl (C=O) groups excluding carboxylic acids is 2. The fourth-order valence-corrected chi connectivity index (χ4v) is 4.71. The average molecular weight is 509 g/mol. The first kappa shape index (κ1) is 26.4. The maximum atomic E-state index is 13.4. The molecule has 0 aliphatic heterocycles. The second kappa shape index (κ2) is 12.0. The minimum absolute atomic E-state index is 0.0292. The van der Waals surface area contributed by atoms with Crippen LogP contribution in [0.5, 0.6) is 5.75 Å². The first-order valence-corrected chi connectivity index (χ1v) is 12.7. The van der Waals surface area contributed by atoms with Crippen molar-refractivity contribution in [2.45, 2.75) is 25.7 Å². The van der Waals surface area contributed by atoms with E-state index in [4.69, 9.17) is 4.74 Å². The summed E-state index contributed by atoms with van der Waals surface area (Å²) in [6.07, 6.45) is 0. The molecule has 3 aromatic rings. The van der Waals surface area contributed by atoms with Crippen molar-refractivity contribution in [3.63, 3.8) is 0 Å². The molecule has 0 aliphatic rings. The van der Waals surface area contributed by atoms with Gasteiger partial charge in [-0.25, -0.2) is 13.8 Å². The highest BCUT2D eigenvalue weighted by Gasteiger charge is 2.27. The number of nitrogens with zero attached hydrogens (tertiary/aromatic N) is 2. The number of benzene rings is 3. The summed E-state index contributed by atoms with van der Waals surface area (Å²) in [5.74, 6) is -0.235. The molecule has 0 radical (unpaired) electrons. The first-order chi connectivity index (χ1) is 17.2. The molecule has 3 rings (SSSR count). The molecule has 0 bridgehead atoms. The summed E-state index contributed by atoms with van der Waals surface area (Å²) in [5, 5.41) is 6.79. The first-order valence-electron chi connectivity index (χ1n) is 11.2. The number of hydrogen-bond donors (Lipinski definition) is 2. The maximum absolute atomic E-state index is 13.4. The number of anilines is 2. The Hall–Kier alpha value is -4.18. The van der Waals surface area contributed by atoms with Crippen molar-refractivity contribution >= 4 is 38.9 Å². The van der Waals surface area contributed by atoms with E-state index >= 15 is 0 Å². The Bertz CT molecular complexity index is 1320. The van der Waals surface area contributed by atoms with Gasteiger partial charge in [-0.3, -0.25) is 13.9 Å². The Morgan fingerprint density at radius 1 is 0.917 bits per heavy atom. The van der Waals surface area contributed by atoms with Gasteiger partial charge in [0.25, 0.3) is 15.9 Å². The number of carbonyl (C=O) groups is 2. The van der Waals surface area contributed by atoms with Crippen LogP contribution >= 0.6 is 0 Å². The van der Waals surface area contributed by atoms with Gasteiger partial charge in [-0.05, 0) is 67.9 Å². The quantitative estimate of drug-likeness (QED) is 0.319. The standard InChI is InChI=1S/C26H28N4O5S/c1-4-35-24-14-16-25(17-15-24)36(33,34)30(23-8-6-5-7-9-23)18-26(32)29-28-19(2)21-10-12-22(13-11-21)27-20(3)31/h5-17H,4,18H2,1-3H3,(H,27,31)(H,29,32)/b28-19-. The van der Waals surface area contributed by atoms with E-state index in [0.29, 0.717) is 29.4 Å². The minimum atomic E-state index is -4.05. The molecule has 0 heterocycles. The molecule has 9 nitrogen and oxygen atoms in total. The van der Waals surface area contributed by atoms with E-state index in [0.717, 1.165) is 9.87 Å². The summed E-state index contributed by atoms with van der Waals surface area (Å²) in [7, 11) is -4.05. The van der Waals surface area contributed by atoms with E-state index in [1.54, 1.807) is 73.7 Å². The molecule has 0 saturated carbocycles. The van der Waals surface area contributed by atoms with Gasteiger partial charge in [0, 0.05) is 12.6 Å². The van der Waals surface area contributed by atoms with E-state index in [1.807, 2.05) is 6.92 Å². The number of ether oxygens (including phenoxy) is 1. The number of para-hydroxylation sites is 1. The van der Waals surface area contributed by atoms with Crippen LogP contribution in [0.15, 0.2) is 88.9 Å². The molecule has 2 amide bonds. The smallest absolute Gasteiger partial charge is 0.264 e. The Kier molecular flexibility index (Phi) is 8.80. The SMILES string of the molecule is CCOc1ccc(S(=O)(=O)N(CC(=O)N/N=C(/C)c2ccc(NC(C)=O)cc2)c2ccccc2)cc1. The van der Waals surface area contributed by atoms with Gasteiger partial charge in [-0.2, -0.15) is 5.10 Å². The van der Waals surface area contributed by atoms with Crippen LogP contribution in [0.3, 0.4) is 0 Å². The summed E-state index contributed by atoms with van der Waals surface area (Å²) < 4.78 is 33.3. The lowest BCUT2D eigenvalue weighted by Gasteiger charge is -2.23. The van der Waals surface area contributed by atoms with Crippen LogP contribution in [0.2, 0.25) is 0 Å². The van der Waals surface area contributed by atoms with E-state index in [2.05, 4.69) is 15.8 Å². The molecule has 3 aromatic carbocycles. The highest BCUT2D eigenvalue weighted by molar-refractivity contribution is 7.92. The van der Waals surface area contributed by atoms with Crippen molar-refractivity contribution in [1.29, 1.82) is 0 Å². The zero-order valence-corrected chi connectivity index (χ0v) is 21.1. The van der Waals surface area contributed by atoms with Crippen LogP contribution in [-0.2, 0) is 19.6 Å². The Labute approximate surface area is 210 Å². The third-order valence-corrected chi connectivity index (χ3v) is 6.81. The largest absolute Gasteiger partial charge is 0.494 e. The van der Waals surface area contributed by atoms with Crippen molar-refractivity contribution in [1.82, 2.24) is 5.43 Å². The summed E-state index contributed by atoms with van der Waals surface area (Å²) in [6, 6.07) is 21.4. The average Bonchev–Trinajstić information content (AvgIpc) is 2.87. The Morgan fingerprint density at radius 2 is 1.56 bits per heavy atom. The van der Waals surface area contributed by atoms with Crippen LogP contribution in [0.4, 0.5) is 11.4 Å². The fraction of sp³-hybridized carbons (Fsp3) is 0.192. The van der Waals surface area contributed by atoms with Crippen molar-refractivity contribution in [3.05, 3.63) is 84.4 Å². The zero-order chi connectivity index (χ0) is 26.1. The number of hydrogen-bond acceptors (Lipinski definition) is 6. The van der Waals surface area contributed by atoms with Gasteiger partial charge in [0.2, 0.25) is 5.91 Å². The summed E-state index contributed by atoms with van der Waals surface area (Å²) in [6.45, 7) is 4.95. The molecule has 0 aromatic heterocycles. The number of sulfonamides is 1. The summed E-state index contributed by atoms with van der Waals surface area (Å²) >= 11 is 0. The summed E-state index contributed by atoms with van der Waals surface area (Å²) in [5.41, 5.74) is 4.65. The topological polar surface area (TPSA) is 117 Å². The van der Waals surface area contributed by atoms with Gasteiger partial charge in [0.15, 0.2) is 0 Å². The predicted octanol–water partition coefficient (Wildman–Crippen LogP) is 3.78. The molecule has 188 valence electrons. The Balaban J connectivity index is 1.78. The van der Waals surface area contributed by atoms with E-state index < -0.39 is 22.5 Å². The summed E-state index contributed by atoms with van der Waals surface area (Å²) in [4.78, 5) is 24.0. The van der Waals surface area contributed by atoms with E-state index in [9.17, 15) is 18.0 Å². The normalized spacial score (nSPS) is 11.5. The van der Waals surface area contributed by atoms with Gasteiger partial charge in [-0.15, -0.1) is 0 Å². The Morgan fingerprint density at radius 3 is 2.14 bits per heavy atom. The lowest BCUT2D eigenvalue weighted by Crippen LogP contribution is -2.39. The highest BCUT2D eigenvalue weighted by atomic mass is 32.2. The van der Waals surface area contributed by atoms with Gasteiger partial charge in [-0.1, -0.05) is 30.3 Å². The van der Waals surface area contributed by atoms with Crippen molar-refractivity contribution in [2.24, 2.45) is 5.10 Å². The highest BCUT2D eigenvalue weighted by Crippen LogP contribution is 2.25. The van der Waals surface area contributed by atoms with E-state index in [-0.39, 0.29) is 10.8 Å². The van der Waals surface area contributed by atoms with Gasteiger partial charge in [0.1, 0.15) is 12.3 Å². The van der Waals surface area contributed by atoms with Gasteiger partial charge in [0.05, 0.1) is 22.9 Å². The number of hydrazone groups is 1. The van der Waals surface area contributed by atoms with Crippen molar-refractivity contribution in [2.75, 3.05) is 22.8 Å². The van der Waals surface area contributed by atoms with Crippen LogP contribution in [0, 0.1) is 0 Å². The second-order valence-electron chi connectivity index (χ2n) is 7.74. The fourth-order valence-electron chi connectivity index (χ4n) is 3.29. The lowest BCUT2D eigenvalue weighted by atomic mass is 10.1. The molecular formula is C26H28N4O5S. The molecule has 36 heavy (non-hydrogen) atoms. The lowest BCUT2D eigenvalue weighted by molar-refractivity contribution is -0.119. The maximum Gasteiger partial charge on any atom is 0.264 e. The molecule has 10 heteroatoms. The molecular weight excluding hydrogens is 480 g/mol. The third-order valence-electron chi connectivity index (χ3n) is 5.03. The molecule has 0 spiro atoms. The minimum Gasteiger partial charge on any atom is -0.494 e. The number of nitrogens with one attached hydrogen (secondary N) is 2. The van der Waals surface area contributed by atoms with Crippen molar-refractivity contribution in [3.8, 4) is 5.75 Å². The second-order valence-corrected chi connectivity index (χ2v) is 9.60. The molecule has 0 aliphatic carbocycles. The molecule has 0 unspecified atom stereocenters. The van der Waals surface area contributed by atoms with Crippen molar-refractivity contribution < 1.29 is 22.7 Å². The van der Waals surface area contributed by atoms with Crippen LogP contribution < -0.4 is 19.8 Å². The predicted molar refractivity (Wildman–Crippen MR) is 140 cm³/mol. The zero-order valence-electron chi connectivity index (χ0n) is 20.3. The van der Waals surface area contributed by atoms with Crippen LogP contribution in [0.1, 0.15) is 26.3 Å². The number of amides is 2. The molecule has 0 fully saturated rings. The monoisotopic (exact) mass is 508 g/mol. The van der Waals surface area contributed by atoms with Crippen LogP contribution in [0.25, 0.3) is 0 Å². The van der Waals surface area contributed by atoms with Gasteiger partial charge < -0.3 is 10.1 Å². The molecule has 0 saturated heterocycles. The van der Waals surface area contributed by atoms with Crippen LogP contribution in [-0.4, -0.2) is 39.1 Å². The third kappa shape index (κ3) is 6.92. The van der Waals surface area contributed by atoms with E-state index in [1.165, 1.54) is 19.1 Å². The number of rotatable bonds is 10. The molecule has 2 N–H and O–H groups in total. The van der Waals surface area contributed by atoms with Gasteiger partial charge >= 0.3 is 0 Å².